The summed E-state index contributed by atoms with van der Waals surface area (Å²) in [4.78, 5) is 0. The average molecular weight is 200 g/mol. The van der Waals surface area contributed by atoms with Gasteiger partial charge in [0, 0.05) is 6.20 Å². The van der Waals surface area contributed by atoms with Crippen LogP contribution >= 0.6 is 0 Å². The maximum Gasteiger partial charge on any atom is 0.0659 e. The quantitative estimate of drug-likeness (QED) is 0.729. The van der Waals surface area contributed by atoms with E-state index in [1.807, 2.05) is 11.6 Å². The topological polar surface area (TPSA) is 17.8 Å². The first kappa shape index (κ1) is 9.97. The molecule has 2 heteroatoms. The van der Waals surface area contributed by atoms with Gasteiger partial charge in [-0.05, 0) is 31.9 Å². The summed E-state index contributed by atoms with van der Waals surface area (Å²) in [6.07, 6.45) is 2.09. The summed E-state index contributed by atoms with van der Waals surface area (Å²) in [5.74, 6) is 0. The van der Waals surface area contributed by atoms with Crippen LogP contribution in [0.1, 0.15) is 22.4 Å². The van der Waals surface area contributed by atoms with Crippen LogP contribution in [-0.2, 0) is 6.54 Å². The highest BCUT2D eigenvalue weighted by Crippen LogP contribution is 2.08. The molecule has 2 nitrogen and oxygen atoms in total. The Hall–Kier alpha value is -1.57. The van der Waals surface area contributed by atoms with Gasteiger partial charge in [-0.3, -0.25) is 4.68 Å². The summed E-state index contributed by atoms with van der Waals surface area (Å²) in [7, 11) is 0. The van der Waals surface area contributed by atoms with Crippen molar-refractivity contribution in [2.24, 2.45) is 0 Å². The lowest BCUT2D eigenvalue weighted by Gasteiger charge is -2.02. The number of aromatic nitrogens is 2. The van der Waals surface area contributed by atoms with Crippen molar-refractivity contribution in [3.8, 4) is 0 Å². The van der Waals surface area contributed by atoms with E-state index in [9.17, 15) is 0 Å². The van der Waals surface area contributed by atoms with Gasteiger partial charge in [0.2, 0.25) is 0 Å². The third kappa shape index (κ3) is 2.27. The molecule has 2 rings (SSSR count). The lowest BCUT2D eigenvalue weighted by atomic mass is 10.1. The van der Waals surface area contributed by atoms with Gasteiger partial charge in [-0.25, -0.2) is 0 Å². The van der Waals surface area contributed by atoms with Gasteiger partial charge in [-0.1, -0.05) is 29.8 Å². The molecule has 0 saturated heterocycles. The maximum absolute atomic E-state index is 4.44. The number of rotatable bonds is 2. The van der Waals surface area contributed by atoms with Crippen molar-refractivity contribution in [1.29, 1.82) is 0 Å². The van der Waals surface area contributed by atoms with Gasteiger partial charge < -0.3 is 0 Å². The van der Waals surface area contributed by atoms with Crippen LogP contribution in [0.2, 0.25) is 0 Å². The monoisotopic (exact) mass is 200 g/mol. The van der Waals surface area contributed by atoms with E-state index in [0.717, 1.165) is 12.2 Å². The van der Waals surface area contributed by atoms with Crippen LogP contribution < -0.4 is 0 Å². The molecule has 0 unspecified atom stereocenters. The molecule has 0 aliphatic rings. The Morgan fingerprint density at radius 3 is 2.27 bits per heavy atom. The minimum absolute atomic E-state index is 0.856. The van der Waals surface area contributed by atoms with Gasteiger partial charge in [0.1, 0.15) is 0 Å². The number of hydrogen-bond donors (Lipinski definition) is 0. The van der Waals surface area contributed by atoms with Crippen LogP contribution in [0.15, 0.2) is 30.5 Å². The standard InChI is InChI=1S/C13H16N2/c1-10-4-6-13(7-5-10)9-15-8-11(2)12(3)14-15/h4-8H,9H2,1-3H3. The van der Waals surface area contributed by atoms with Crippen LogP contribution in [0.4, 0.5) is 0 Å². The fourth-order valence-electron chi connectivity index (χ4n) is 1.58. The van der Waals surface area contributed by atoms with Crippen molar-refractivity contribution in [2.45, 2.75) is 27.3 Å². The Labute approximate surface area is 90.6 Å². The van der Waals surface area contributed by atoms with Gasteiger partial charge in [0.25, 0.3) is 0 Å². The first-order chi connectivity index (χ1) is 7.15. The SMILES string of the molecule is Cc1ccc(Cn2cc(C)c(C)n2)cc1. The van der Waals surface area contributed by atoms with Crippen LogP contribution in [0.3, 0.4) is 0 Å². The molecule has 1 aromatic heterocycles. The summed E-state index contributed by atoms with van der Waals surface area (Å²) in [6.45, 7) is 7.09. The van der Waals surface area contributed by atoms with E-state index in [-0.39, 0.29) is 0 Å². The van der Waals surface area contributed by atoms with Gasteiger partial charge in [-0.2, -0.15) is 5.10 Å². The van der Waals surface area contributed by atoms with Crippen LogP contribution in [0.5, 0.6) is 0 Å². The van der Waals surface area contributed by atoms with Crippen molar-refractivity contribution in [1.82, 2.24) is 9.78 Å². The summed E-state index contributed by atoms with van der Waals surface area (Å²) >= 11 is 0. The van der Waals surface area contributed by atoms with Gasteiger partial charge in [0.05, 0.1) is 12.2 Å². The molecule has 0 aliphatic carbocycles. The zero-order chi connectivity index (χ0) is 10.8. The molecule has 0 fully saturated rings. The van der Waals surface area contributed by atoms with Crippen molar-refractivity contribution in [3.63, 3.8) is 0 Å². The minimum atomic E-state index is 0.856. The van der Waals surface area contributed by atoms with Gasteiger partial charge in [-0.15, -0.1) is 0 Å². The zero-order valence-electron chi connectivity index (χ0n) is 9.49. The molecule has 0 saturated carbocycles. The van der Waals surface area contributed by atoms with Crippen molar-refractivity contribution >= 4 is 0 Å². The van der Waals surface area contributed by atoms with E-state index in [1.54, 1.807) is 0 Å². The van der Waals surface area contributed by atoms with E-state index in [2.05, 4.69) is 49.4 Å². The molecule has 0 N–H and O–H groups in total. The second kappa shape index (κ2) is 3.89. The third-order valence-corrected chi connectivity index (χ3v) is 2.66. The summed E-state index contributed by atoms with van der Waals surface area (Å²) in [5, 5.41) is 4.44. The van der Waals surface area contributed by atoms with Gasteiger partial charge in [0.15, 0.2) is 0 Å². The smallest absolute Gasteiger partial charge is 0.0659 e. The van der Waals surface area contributed by atoms with Crippen molar-refractivity contribution < 1.29 is 0 Å². The summed E-state index contributed by atoms with van der Waals surface area (Å²) in [5.41, 5.74) is 4.96. The van der Waals surface area contributed by atoms with E-state index in [0.29, 0.717) is 0 Å². The highest BCUT2D eigenvalue weighted by Gasteiger charge is 2.00. The van der Waals surface area contributed by atoms with E-state index in [1.165, 1.54) is 16.7 Å². The number of benzene rings is 1. The Morgan fingerprint density at radius 2 is 1.73 bits per heavy atom. The lowest BCUT2D eigenvalue weighted by Crippen LogP contribution is -2.00. The molecule has 1 heterocycles. The number of nitrogens with zero attached hydrogens (tertiary/aromatic N) is 2. The minimum Gasteiger partial charge on any atom is -0.268 e. The second-order valence-electron chi connectivity index (χ2n) is 4.08. The molecule has 0 radical (unpaired) electrons. The van der Waals surface area contributed by atoms with Crippen LogP contribution in [-0.4, -0.2) is 9.78 Å². The Bertz CT molecular complexity index is 432. The maximum atomic E-state index is 4.44. The molecule has 0 bridgehead atoms. The number of hydrogen-bond acceptors (Lipinski definition) is 1. The largest absolute Gasteiger partial charge is 0.268 e. The van der Waals surface area contributed by atoms with Gasteiger partial charge >= 0.3 is 0 Å². The predicted molar refractivity (Wildman–Crippen MR) is 62.0 cm³/mol. The molecule has 1 aromatic carbocycles. The summed E-state index contributed by atoms with van der Waals surface area (Å²) < 4.78 is 2.00. The first-order valence-corrected chi connectivity index (χ1v) is 5.21. The Balaban J connectivity index is 2.18. The molecule has 0 spiro atoms. The molecular formula is C13H16N2. The fourth-order valence-corrected chi connectivity index (χ4v) is 1.58. The van der Waals surface area contributed by atoms with Crippen molar-refractivity contribution in [2.75, 3.05) is 0 Å². The normalized spacial score (nSPS) is 10.6. The highest BCUT2D eigenvalue weighted by atomic mass is 15.3. The molecule has 78 valence electrons. The zero-order valence-corrected chi connectivity index (χ0v) is 9.49. The molecule has 0 amide bonds. The number of aryl methyl sites for hydroxylation is 3. The molecular weight excluding hydrogens is 184 g/mol. The van der Waals surface area contributed by atoms with E-state index in [4.69, 9.17) is 0 Å². The van der Waals surface area contributed by atoms with E-state index < -0.39 is 0 Å². The average Bonchev–Trinajstić information content (AvgIpc) is 2.50. The lowest BCUT2D eigenvalue weighted by molar-refractivity contribution is 0.679. The highest BCUT2D eigenvalue weighted by molar-refractivity contribution is 5.22. The Kier molecular flexibility index (Phi) is 2.58. The molecule has 0 aliphatic heterocycles. The second-order valence-corrected chi connectivity index (χ2v) is 4.08. The summed E-state index contributed by atoms with van der Waals surface area (Å²) in [6, 6.07) is 8.58. The Morgan fingerprint density at radius 1 is 1.07 bits per heavy atom. The first-order valence-electron chi connectivity index (χ1n) is 5.21. The third-order valence-electron chi connectivity index (χ3n) is 2.66. The molecule has 15 heavy (non-hydrogen) atoms. The van der Waals surface area contributed by atoms with Crippen molar-refractivity contribution in [3.05, 3.63) is 52.8 Å². The predicted octanol–water partition coefficient (Wildman–Crippen LogP) is 2.86. The van der Waals surface area contributed by atoms with Crippen LogP contribution in [0.25, 0.3) is 0 Å². The fraction of sp³-hybridized carbons (Fsp3) is 0.308. The molecule has 0 atom stereocenters. The van der Waals surface area contributed by atoms with Crippen LogP contribution in [0, 0.1) is 20.8 Å². The molecule has 2 aromatic rings. The van der Waals surface area contributed by atoms with E-state index >= 15 is 0 Å².